The molecule has 0 aliphatic heterocycles. The van der Waals surface area contributed by atoms with Gasteiger partial charge in [-0.1, -0.05) is 0 Å². The number of nitro benzene ring substituents is 1. The normalized spacial score (nSPS) is 16.0. The number of benzene rings is 1. The maximum Gasteiger partial charge on any atom is 0.269 e. The van der Waals surface area contributed by atoms with E-state index in [4.69, 9.17) is 5.26 Å². The Morgan fingerprint density at radius 3 is 2.63 bits per heavy atom. The highest BCUT2D eigenvalue weighted by molar-refractivity contribution is 5.98. The minimum Gasteiger partial charge on any atom is -0.324 e. The van der Waals surface area contributed by atoms with Gasteiger partial charge < -0.3 is 5.32 Å². The number of nitriles is 1. The summed E-state index contributed by atoms with van der Waals surface area (Å²) in [5.74, 6) is -0.321. The summed E-state index contributed by atoms with van der Waals surface area (Å²) >= 11 is 0. The molecule has 1 saturated carbocycles. The molecule has 6 heteroatoms. The van der Waals surface area contributed by atoms with Crippen LogP contribution in [-0.4, -0.2) is 10.8 Å². The van der Waals surface area contributed by atoms with Crippen LogP contribution in [0.15, 0.2) is 18.2 Å². The maximum absolute atomic E-state index is 12.1. The number of rotatable bonds is 3. The lowest BCUT2D eigenvalue weighted by Crippen LogP contribution is -2.40. The number of non-ortho nitro benzene ring substituents is 1. The largest absolute Gasteiger partial charge is 0.324 e. The molecule has 1 aliphatic carbocycles. The lowest BCUT2D eigenvalue weighted by molar-refractivity contribution is -0.384. The number of aryl methyl sites for hydroxylation is 1. The van der Waals surface area contributed by atoms with Crippen molar-refractivity contribution in [3.8, 4) is 6.07 Å². The monoisotopic (exact) mass is 259 g/mol. The molecular formula is C13H13N3O3. The van der Waals surface area contributed by atoms with Gasteiger partial charge in [-0.25, -0.2) is 0 Å². The van der Waals surface area contributed by atoms with E-state index in [1.165, 1.54) is 18.2 Å². The number of carbonyl (C=O) groups is 1. The summed E-state index contributed by atoms with van der Waals surface area (Å²) in [6, 6.07) is 6.29. The van der Waals surface area contributed by atoms with Gasteiger partial charge >= 0.3 is 0 Å². The summed E-state index contributed by atoms with van der Waals surface area (Å²) < 4.78 is 0. The van der Waals surface area contributed by atoms with Gasteiger partial charge in [0.2, 0.25) is 5.91 Å². The van der Waals surface area contributed by atoms with E-state index in [1.807, 2.05) is 0 Å². The highest BCUT2D eigenvalue weighted by Gasteiger charge is 2.44. The molecule has 0 aromatic heterocycles. The van der Waals surface area contributed by atoms with Crippen molar-refractivity contribution in [3.05, 3.63) is 33.9 Å². The third-order valence-electron chi connectivity index (χ3n) is 3.52. The second-order valence-corrected chi connectivity index (χ2v) is 4.76. The fourth-order valence-corrected chi connectivity index (χ4v) is 2.06. The number of amides is 1. The van der Waals surface area contributed by atoms with Crippen molar-refractivity contribution >= 4 is 17.3 Å². The Kier molecular flexibility index (Phi) is 3.21. The van der Waals surface area contributed by atoms with Crippen LogP contribution in [0, 0.1) is 33.8 Å². The zero-order valence-corrected chi connectivity index (χ0v) is 10.5. The lowest BCUT2D eigenvalue weighted by atomic mass is 9.69. The molecule has 1 N–H and O–H groups in total. The van der Waals surface area contributed by atoms with Crippen LogP contribution in [0.25, 0.3) is 0 Å². The number of hydrogen-bond acceptors (Lipinski definition) is 4. The minimum absolute atomic E-state index is 0.0193. The van der Waals surface area contributed by atoms with Gasteiger partial charge in [-0.2, -0.15) is 5.26 Å². The average Bonchev–Trinajstić information content (AvgIpc) is 2.30. The first kappa shape index (κ1) is 13.0. The van der Waals surface area contributed by atoms with Gasteiger partial charge in [0.25, 0.3) is 5.69 Å². The summed E-state index contributed by atoms with van der Waals surface area (Å²) in [4.78, 5) is 22.2. The molecule has 1 aromatic rings. The van der Waals surface area contributed by atoms with E-state index >= 15 is 0 Å². The van der Waals surface area contributed by atoms with Gasteiger partial charge in [-0.05, 0) is 37.8 Å². The Labute approximate surface area is 110 Å². The van der Waals surface area contributed by atoms with Crippen LogP contribution < -0.4 is 5.32 Å². The lowest BCUT2D eigenvalue weighted by Gasteiger charge is -2.33. The molecule has 19 heavy (non-hydrogen) atoms. The summed E-state index contributed by atoms with van der Waals surface area (Å²) in [6.45, 7) is 1.68. The van der Waals surface area contributed by atoms with Gasteiger partial charge in [-0.3, -0.25) is 14.9 Å². The maximum atomic E-state index is 12.1. The number of anilines is 1. The minimum atomic E-state index is -0.922. The van der Waals surface area contributed by atoms with Crippen molar-refractivity contribution in [1.82, 2.24) is 0 Å². The van der Waals surface area contributed by atoms with Crippen molar-refractivity contribution < 1.29 is 9.72 Å². The number of nitro groups is 1. The van der Waals surface area contributed by atoms with E-state index in [0.29, 0.717) is 24.1 Å². The Bertz CT molecular complexity index is 585. The molecular weight excluding hydrogens is 246 g/mol. The van der Waals surface area contributed by atoms with Crippen LogP contribution in [-0.2, 0) is 4.79 Å². The molecule has 6 nitrogen and oxygen atoms in total. The Hall–Kier alpha value is -2.42. The molecule has 0 saturated heterocycles. The summed E-state index contributed by atoms with van der Waals surface area (Å²) in [5.41, 5.74) is 0.176. The van der Waals surface area contributed by atoms with Gasteiger partial charge in [0.1, 0.15) is 5.41 Å². The van der Waals surface area contributed by atoms with Gasteiger partial charge in [-0.15, -0.1) is 0 Å². The molecule has 1 amide bonds. The smallest absolute Gasteiger partial charge is 0.269 e. The Balaban J connectivity index is 2.18. The molecule has 0 radical (unpaired) electrons. The van der Waals surface area contributed by atoms with E-state index in [1.54, 1.807) is 6.92 Å². The average molecular weight is 259 g/mol. The fraction of sp³-hybridized carbons (Fsp3) is 0.385. The van der Waals surface area contributed by atoms with Gasteiger partial charge in [0.15, 0.2) is 0 Å². The van der Waals surface area contributed by atoms with E-state index in [2.05, 4.69) is 11.4 Å². The van der Waals surface area contributed by atoms with Crippen molar-refractivity contribution in [1.29, 1.82) is 5.26 Å². The molecule has 1 aromatic carbocycles. The summed E-state index contributed by atoms with van der Waals surface area (Å²) in [7, 11) is 0. The molecule has 98 valence electrons. The van der Waals surface area contributed by atoms with Crippen molar-refractivity contribution in [2.45, 2.75) is 26.2 Å². The summed E-state index contributed by atoms with van der Waals surface area (Å²) in [5, 5.41) is 22.4. The SMILES string of the molecule is Cc1cc([N+](=O)[O-])ccc1NC(=O)C1(C#N)CCC1. The van der Waals surface area contributed by atoms with Crippen LogP contribution in [0.4, 0.5) is 11.4 Å². The number of nitrogens with one attached hydrogen (secondary N) is 1. The topological polar surface area (TPSA) is 96.0 Å². The standard InChI is InChI=1S/C13H13N3O3/c1-9-7-10(16(18)19)3-4-11(9)15-12(17)13(8-14)5-2-6-13/h3-4,7H,2,5-6H2,1H3,(H,15,17). The quantitative estimate of drug-likeness (QED) is 0.666. The summed E-state index contributed by atoms with van der Waals surface area (Å²) in [6.07, 6.45) is 2.02. The van der Waals surface area contributed by atoms with E-state index in [0.717, 1.165) is 6.42 Å². The van der Waals surface area contributed by atoms with Crippen LogP contribution in [0.5, 0.6) is 0 Å². The molecule has 0 bridgehead atoms. The van der Waals surface area contributed by atoms with Crippen molar-refractivity contribution in [2.24, 2.45) is 5.41 Å². The first-order chi connectivity index (χ1) is 8.98. The van der Waals surface area contributed by atoms with Crippen LogP contribution in [0.2, 0.25) is 0 Å². The predicted molar refractivity (Wildman–Crippen MR) is 68.4 cm³/mol. The van der Waals surface area contributed by atoms with Crippen LogP contribution in [0.1, 0.15) is 24.8 Å². The zero-order valence-electron chi connectivity index (χ0n) is 10.5. The fourth-order valence-electron chi connectivity index (χ4n) is 2.06. The molecule has 1 aliphatic rings. The second kappa shape index (κ2) is 4.69. The van der Waals surface area contributed by atoms with Gasteiger partial charge in [0, 0.05) is 17.8 Å². The predicted octanol–water partition coefficient (Wildman–Crippen LogP) is 2.54. The molecule has 2 rings (SSSR count). The molecule has 1 fully saturated rings. The van der Waals surface area contributed by atoms with Crippen molar-refractivity contribution in [2.75, 3.05) is 5.32 Å². The van der Waals surface area contributed by atoms with Crippen LogP contribution >= 0.6 is 0 Å². The highest BCUT2D eigenvalue weighted by Crippen LogP contribution is 2.41. The highest BCUT2D eigenvalue weighted by atomic mass is 16.6. The van der Waals surface area contributed by atoms with E-state index in [9.17, 15) is 14.9 Å². The first-order valence-electron chi connectivity index (χ1n) is 5.96. The molecule has 0 atom stereocenters. The molecule has 0 unspecified atom stereocenters. The van der Waals surface area contributed by atoms with Crippen molar-refractivity contribution in [3.63, 3.8) is 0 Å². The number of nitrogens with zero attached hydrogens (tertiary/aromatic N) is 2. The second-order valence-electron chi connectivity index (χ2n) is 4.76. The Morgan fingerprint density at radius 2 is 2.21 bits per heavy atom. The van der Waals surface area contributed by atoms with E-state index < -0.39 is 10.3 Å². The molecule has 0 spiro atoms. The number of hydrogen-bond donors (Lipinski definition) is 1. The zero-order chi connectivity index (χ0) is 14.0. The van der Waals surface area contributed by atoms with E-state index in [-0.39, 0.29) is 11.6 Å². The molecule has 0 heterocycles. The third-order valence-corrected chi connectivity index (χ3v) is 3.52. The van der Waals surface area contributed by atoms with Crippen LogP contribution in [0.3, 0.4) is 0 Å². The number of carbonyl (C=O) groups excluding carboxylic acids is 1. The van der Waals surface area contributed by atoms with Gasteiger partial charge in [0.05, 0.1) is 11.0 Å². The first-order valence-corrected chi connectivity index (χ1v) is 5.96. The third kappa shape index (κ3) is 2.27. The Morgan fingerprint density at radius 1 is 1.53 bits per heavy atom.